The molecule has 0 saturated heterocycles. The number of hydrogen-bond acceptors (Lipinski definition) is 3. The largest absolute Gasteiger partial charge is 0.387 e. The molecule has 4 heteroatoms. The van der Waals surface area contributed by atoms with Crippen LogP contribution < -0.4 is 0 Å². The summed E-state index contributed by atoms with van der Waals surface area (Å²) in [5, 5.41) is 9.78. The summed E-state index contributed by atoms with van der Waals surface area (Å²) >= 11 is 0. The van der Waals surface area contributed by atoms with Crippen molar-refractivity contribution in [2.24, 2.45) is 0 Å². The Hall–Kier alpha value is -0.870. The fourth-order valence-electron chi connectivity index (χ4n) is 2.07. The summed E-state index contributed by atoms with van der Waals surface area (Å²) in [7, 11) is 4.13. The third kappa shape index (κ3) is 2.21. The van der Waals surface area contributed by atoms with Gasteiger partial charge in [-0.1, -0.05) is 0 Å². The van der Waals surface area contributed by atoms with E-state index in [0.29, 0.717) is 0 Å². The van der Waals surface area contributed by atoms with Gasteiger partial charge in [0.2, 0.25) is 0 Å². The molecule has 0 aliphatic carbocycles. The van der Waals surface area contributed by atoms with Crippen molar-refractivity contribution in [2.75, 3.05) is 20.6 Å². The molecule has 0 saturated carbocycles. The van der Waals surface area contributed by atoms with Gasteiger partial charge in [-0.05, 0) is 26.9 Å². The van der Waals surface area contributed by atoms with Crippen molar-refractivity contribution < 1.29 is 5.11 Å². The summed E-state index contributed by atoms with van der Waals surface area (Å²) < 4.78 is 2.18. The molecular weight excluding hydrogens is 190 g/mol. The minimum absolute atomic E-state index is 0.306. The first kappa shape index (κ1) is 10.6. The third-order valence-electron chi connectivity index (χ3n) is 2.95. The number of aromatic nitrogens is 2. The average Bonchev–Trinajstić information content (AvgIpc) is 2.59. The van der Waals surface area contributed by atoms with Crippen LogP contribution in [0.1, 0.15) is 30.5 Å². The van der Waals surface area contributed by atoms with E-state index in [1.165, 1.54) is 0 Å². The second-order valence-electron chi connectivity index (χ2n) is 4.46. The lowest BCUT2D eigenvalue weighted by molar-refractivity contribution is 0.138. The first-order valence-corrected chi connectivity index (χ1v) is 5.55. The Kier molecular flexibility index (Phi) is 3.07. The van der Waals surface area contributed by atoms with Gasteiger partial charge in [-0.3, -0.25) is 0 Å². The van der Waals surface area contributed by atoms with Gasteiger partial charge in [0, 0.05) is 19.5 Å². The Balaban J connectivity index is 2.12. The molecule has 0 spiro atoms. The lowest BCUT2D eigenvalue weighted by Crippen LogP contribution is -2.20. The highest BCUT2D eigenvalue weighted by molar-refractivity contribution is 5.11. The van der Waals surface area contributed by atoms with Gasteiger partial charge in [0.25, 0.3) is 0 Å². The maximum absolute atomic E-state index is 9.78. The van der Waals surface area contributed by atoms with Gasteiger partial charge < -0.3 is 14.6 Å². The van der Waals surface area contributed by atoms with Crippen molar-refractivity contribution in [1.82, 2.24) is 14.5 Å². The van der Waals surface area contributed by atoms with Crippen molar-refractivity contribution >= 4 is 0 Å². The van der Waals surface area contributed by atoms with Crippen LogP contribution in [-0.2, 0) is 13.0 Å². The normalized spacial score (nSPS) is 20.7. The van der Waals surface area contributed by atoms with E-state index in [0.717, 1.165) is 43.9 Å². The number of aliphatic hydroxyl groups excluding tert-OH is 1. The molecule has 15 heavy (non-hydrogen) atoms. The Bertz CT molecular complexity index is 333. The summed E-state index contributed by atoms with van der Waals surface area (Å²) in [5.41, 5.74) is 0.995. The zero-order chi connectivity index (χ0) is 10.8. The highest BCUT2D eigenvalue weighted by Gasteiger charge is 2.20. The van der Waals surface area contributed by atoms with Crippen molar-refractivity contribution in [2.45, 2.75) is 31.9 Å². The maximum atomic E-state index is 9.78. The molecule has 1 atom stereocenters. The van der Waals surface area contributed by atoms with Crippen LogP contribution in [-0.4, -0.2) is 40.2 Å². The fourth-order valence-corrected chi connectivity index (χ4v) is 2.07. The van der Waals surface area contributed by atoms with Gasteiger partial charge in [-0.15, -0.1) is 0 Å². The van der Waals surface area contributed by atoms with Crippen LogP contribution in [0.2, 0.25) is 0 Å². The molecule has 4 nitrogen and oxygen atoms in total. The Morgan fingerprint density at radius 2 is 2.40 bits per heavy atom. The highest BCUT2D eigenvalue weighted by Crippen LogP contribution is 2.25. The quantitative estimate of drug-likeness (QED) is 0.801. The van der Waals surface area contributed by atoms with E-state index in [9.17, 15) is 5.11 Å². The van der Waals surface area contributed by atoms with Crippen LogP contribution in [0.4, 0.5) is 0 Å². The molecule has 0 amide bonds. The van der Waals surface area contributed by atoms with E-state index in [-0.39, 0.29) is 6.10 Å². The molecule has 1 N–H and O–H groups in total. The molecule has 1 aromatic rings. The average molecular weight is 209 g/mol. The second-order valence-corrected chi connectivity index (χ2v) is 4.46. The highest BCUT2D eigenvalue weighted by atomic mass is 16.3. The molecule has 1 aliphatic rings. The van der Waals surface area contributed by atoms with E-state index in [4.69, 9.17) is 0 Å². The van der Waals surface area contributed by atoms with Crippen molar-refractivity contribution in [1.29, 1.82) is 0 Å². The third-order valence-corrected chi connectivity index (χ3v) is 2.95. The van der Waals surface area contributed by atoms with Crippen LogP contribution in [0.3, 0.4) is 0 Å². The number of rotatable bonds is 3. The van der Waals surface area contributed by atoms with Crippen LogP contribution in [0, 0.1) is 0 Å². The molecule has 0 bridgehead atoms. The lowest BCUT2D eigenvalue weighted by Gasteiger charge is -2.21. The molecule has 1 aromatic heterocycles. The van der Waals surface area contributed by atoms with Gasteiger partial charge in [-0.25, -0.2) is 4.98 Å². The number of imidazole rings is 1. The lowest BCUT2D eigenvalue weighted by atomic mass is 10.1. The molecule has 2 heterocycles. The molecule has 0 fully saturated rings. The van der Waals surface area contributed by atoms with Gasteiger partial charge in [0.1, 0.15) is 5.82 Å². The van der Waals surface area contributed by atoms with Crippen molar-refractivity contribution in [3.05, 3.63) is 17.7 Å². The maximum Gasteiger partial charge on any atom is 0.110 e. The SMILES string of the molecule is CN(C)CCc1ncc2n1CCCC2O. The van der Waals surface area contributed by atoms with E-state index in [1.54, 1.807) is 0 Å². The predicted molar refractivity (Wildman–Crippen MR) is 58.7 cm³/mol. The number of nitrogens with zero attached hydrogens (tertiary/aromatic N) is 3. The number of likely N-dealkylation sites (N-methyl/N-ethyl adjacent to an activating group) is 1. The summed E-state index contributed by atoms with van der Waals surface area (Å²) in [6.45, 7) is 2.02. The minimum atomic E-state index is -0.306. The molecular formula is C11H19N3O. The molecule has 1 aliphatic heterocycles. The van der Waals surface area contributed by atoms with Crippen LogP contribution in [0.15, 0.2) is 6.20 Å². The molecule has 84 valence electrons. The van der Waals surface area contributed by atoms with Gasteiger partial charge in [-0.2, -0.15) is 0 Å². The van der Waals surface area contributed by atoms with E-state index >= 15 is 0 Å². The van der Waals surface area contributed by atoms with E-state index in [2.05, 4.69) is 28.5 Å². The first-order chi connectivity index (χ1) is 7.18. The van der Waals surface area contributed by atoms with Gasteiger partial charge in [0.05, 0.1) is 18.0 Å². The van der Waals surface area contributed by atoms with Gasteiger partial charge >= 0.3 is 0 Å². The van der Waals surface area contributed by atoms with Crippen LogP contribution in [0.25, 0.3) is 0 Å². The summed E-state index contributed by atoms with van der Waals surface area (Å²) in [6, 6.07) is 0. The summed E-state index contributed by atoms with van der Waals surface area (Å²) in [6.07, 6.45) is 4.41. The number of hydrogen-bond donors (Lipinski definition) is 1. The molecule has 1 unspecified atom stereocenters. The topological polar surface area (TPSA) is 41.3 Å². The second kappa shape index (κ2) is 4.33. The minimum Gasteiger partial charge on any atom is -0.387 e. The smallest absolute Gasteiger partial charge is 0.110 e. The molecule has 0 radical (unpaired) electrons. The standard InChI is InChI=1S/C11H19N3O/c1-13(2)7-5-11-12-8-9-10(15)4-3-6-14(9)11/h8,10,15H,3-7H2,1-2H3. The van der Waals surface area contributed by atoms with Crippen LogP contribution >= 0.6 is 0 Å². The Morgan fingerprint density at radius 3 is 3.13 bits per heavy atom. The van der Waals surface area contributed by atoms with Crippen molar-refractivity contribution in [3.63, 3.8) is 0 Å². The Labute approximate surface area is 90.5 Å². The summed E-state index contributed by atoms with van der Waals surface area (Å²) in [5.74, 6) is 1.11. The van der Waals surface area contributed by atoms with Crippen molar-refractivity contribution in [3.8, 4) is 0 Å². The monoisotopic (exact) mass is 209 g/mol. The van der Waals surface area contributed by atoms with Crippen LogP contribution in [0.5, 0.6) is 0 Å². The zero-order valence-corrected chi connectivity index (χ0v) is 9.48. The predicted octanol–water partition coefficient (Wildman–Crippen LogP) is 0.814. The van der Waals surface area contributed by atoms with E-state index < -0.39 is 0 Å². The Morgan fingerprint density at radius 1 is 1.60 bits per heavy atom. The van der Waals surface area contributed by atoms with E-state index in [1.807, 2.05) is 6.20 Å². The molecule has 0 aromatic carbocycles. The number of fused-ring (bicyclic) bond motifs is 1. The molecule has 2 rings (SSSR count). The first-order valence-electron chi connectivity index (χ1n) is 5.55. The number of aliphatic hydroxyl groups is 1. The van der Waals surface area contributed by atoms with Gasteiger partial charge in [0.15, 0.2) is 0 Å². The summed E-state index contributed by atoms with van der Waals surface area (Å²) in [4.78, 5) is 6.55. The zero-order valence-electron chi connectivity index (χ0n) is 9.48. The fraction of sp³-hybridized carbons (Fsp3) is 0.727.